The summed E-state index contributed by atoms with van der Waals surface area (Å²) >= 11 is -1.08. The van der Waals surface area contributed by atoms with E-state index in [1.54, 1.807) is 5.41 Å². The number of anilines is 1. The molecule has 1 aromatic rings. The van der Waals surface area contributed by atoms with Crippen molar-refractivity contribution >= 4 is 17.1 Å². The van der Waals surface area contributed by atoms with Gasteiger partial charge in [0.15, 0.2) is 0 Å². The number of hydrogen-bond acceptors (Lipinski definition) is 6. The van der Waals surface area contributed by atoms with Crippen LogP contribution in [0.25, 0.3) is 0 Å². The zero-order chi connectivity index (χ0) is 13.4. The van der Waals surface area contributed by atoms with E-state index in [4.69, 9.17) is 0 Å². The van der Waals surface area contributed by atoms with Crippen LogP contribution in [0.4, 0.5) is 5.95 Å². The molecule has 7 nitrogen and oxygen atoms in total. The molecule has 0 saturated carbocycles. The topological polar surface area (TPSA) is 84.0 Å². The van der Waals surface area contributed by atoms with Gasteiger partial charge in [0, 0.05) is 23.4 Å². The molecule has 3 atom stereocenters. The second kappa shape index (κ2) is 4.86. The van der Waals surface area contributed by atoms with Gasteiger partial charge in [0.1, 0.15) is 5.41 Å². The third-order valence-corrected chi connectivity index (χ3v) is 4.86. The highest BCUT2D eigenvalue weighted by molar-refractivity contribution is 7.95. The average Bonchev–Trinajstić information content (AvgIpc) is 3.07. The Hall–Kier alpha value is -1.54. The molecule has 0 aromatic carbocycles. The maximum atomic E-state index is 12.2. The third-order valence-electron chi connectivity index (χ3n) is 3.57. The molecule has 0 fully saturated rings. The molecule has 0 amide bonds. The van der Waals surface area contributed by atoms with Gasteiger partial charge in [-0.3, -0.25) is 0 Å². The van der Waals surface area contributed by atoms with Gasteiger partial charge >= 0.3 is 0 Å². The quantitative estimate of drug-likeness (QED) is 0.823. The first-order valence-electron chi connectivity index (χ1n) is 6.28. The fourth-order valence-electron chi connectivity index (χ4n) is 2.37. The molecule has 3 heterocycles. The van der Waals surface area contributed by atoms with E-state index in [0.29, 0.717) is 11.9 Å². The van der Waals surface area contributed by atoms with Crippen LogP contribution in [-0.4, -0.2) is 42.1 Å². The monoisotopic (exact) mass is 280 g/mol. The first kappa shape index (κ1) is 12.5. The van der Waals surface area contributed by atoms with Crippen LogP contribution in [0.1, 0.15) is 20.3 Å². The standard InChI is InChI=1S/C11H16N6OS/c1-3-8(2)9-4-5-16-6-7-19(18)11(16)17(9)10-12-14-15-13-10/h4,6-8,11H,3,5H2,1-2H3,(H,12,13,14,15). The van der Waals surface area contributed by atoms with Crippen LogP contribution in [0.3, 0.4) is 0 Å². The number of aromatic nitrogens is 4. The molecular weight excluding hydrogens is 264 g/mol. The van der Waals surface area contributed by atoms with Crippen molar-refractivity contribution in [2.75, 3.05) is 11.4 Å². The molecule has 102 valence electrons. The van der Waals surface area contributed by atoms with Crippen LogP contribution in [0.15, 0.2) is 23.4 Å². The number of H-pyrrole nitrogens is 1. The Bertz CT molecular complexity index is 501. The second-order valence-corrected chi connectivity index (χ2v) is 6.02. The summed E-state index contributed by atoms with van der Waals surface area (Å²) in [4.78, 5) is 3.98. The molecule has 0 saturated heterocycles. The number of hydrogen-bond donors (Lipinski definition) is 1. The van der Waals surface area contributed by atoms with Crippen LogP contribution in [0.2, 0.25) is 0 Å². The lowest BCUT2D eigenvalue weighted by molar-refractivity contribution is 0.349. The van der Waals surface area contributed by atoms with Gasteiger partial charge in [-0.1, -0.05) is 18.9 Å². The van der Waals surface area contributed by atoms with Gasteiger partial charge in [0.25, 0.3) is 11.4 Å². The summed E-state index contributed by atoms with van der Waals surface area (Å²) < 4.78 is 12.2. The fraction of sp³-hybridized carbons (Fsp3) is 0.545. The average molecular weight is 280 g/mol. The molecule has 0 radical (unpaired) electrons. The van der Waals surface area contributed by atoms with Crippen LogP contribution >= 0.6 is 0 Å². The van der Waals surface area contributed by atoms with Crippen molar-refractivity contribution in [2.24, 2.45) is 5.92 Å². The number of nitrogens with one attached hydrogen (secondary N) is 1. The number of aromatic amines is 1. The molecule has 1 aromatic heterocycles. The van der Waals surface area contributed by atoms with E-state index in [0.717, 1.165) is 18.7 Å². The molecule has 2 aliphatic heterocycles. The Balaban J connectivity index is 2.01. The maximum absolute atomic E-state index is 12.2. The van der Waals surface area contributed by atoms with E-state index in [9.17, 15) is 4.55 Å². The number of allylic oxidation sites excluding steroid dienone is 1. The lowest BCUT2D eigenvalue weighted by Gasteiger charge is -2.39. The van der Waals surface area contributed by atoms with Gasteiger partial charge in [-0.25, -0.2) is 10.00 Å². The van der Waals surface area contributed by atoms with Crippen LogP contribution in [0, 0.1) is 5.92 Å². The predicted molar refractivity (Wildman–Crippen MR) is 72.0 cm³/mol. The first-order chi connectivity index (χ1) is 9.22. The summed E-state index contributed by atoms with van der Waals surface area (Å²) in [5.41, 5.74) is 0.878. The lowest BCUT2D eigenvalue weighted by Crippen LogP contribution is -2.52. The molecular formula is C11H16N6OS. The van der Waals surface area contributed by atoms with Crippen molar-refractivity contribution in [1.82, 2.24) is 25.5 Å². The molecule has 0 spiro atoms. The number of tetrazole rings is 1. The Morgan fingerprint density at radius 1 is 1.63 bits per heavy atom. The van der Waals surface area contributed by atoms with E-state index in [-0.39, 0.29) is 5.50 Å². The van der Waals surface area contributed by atoms with Crippen molar-refractivity contribution in [3.8, 4) is 0 Å². The van der Waals surface area contributed by atoms with Crippen molar-refractivity contribution in [2.45, 2.75) is 25.8 Å². The maximum Gasteiger partial charge on any atom is 0.278 e. The van der Waals surface area contributed by atoms with Crippen molar-refractivity contribution in [1.29, 1.82) is 0 Å². The van der Waals surface area contributed by atoms with Crippen molar-refractivity contribution in [3.05, 3.63) is 23.4 Å². The molecule has 0 bridgehead atoms. The molecule has 0 aliphatic carbocycles. The van der Waals surface area contributed by atoms with Crippen LogP contribution < -0.4 is 4.90 Å². The molecule has 3 unspecified atom stereocenters. The molecule has 19 heavy (non-hydrogen) atoms. The predicted octanol–water partition coefficient (Wildman–Crippen LogP) is 0.769. The number of nitrogens with zero attached hydrogens (tertiary/aromatic N) is 5. The van der Waals surface area contributed by atoms with Gasteiger partial charge in [0.2, 0.25) is 0 Å². The first-order valence-corrected chi connectivity index (χ1v) is 7.56. The minimum Gasteiger partial charge on any atom is -0.609 e. The van der Waals surface area contributed by atoms with E-state index < -0.39 is 11.2 Å². The van der Waals surface area contributed by atoms with E-state index in [1.165, 1.54) is 0 Å². The SMILES string of the molecule is CCC(C)C1=CCN2C=C[S+]([O-])C2N1c1nnn[nH]1. The summed E-state index contributed by atoms with van der Waals surface area (Å²) in [6, 6.07) is 0. The summed E-state index contributed by atoms with van der Waals surface area (Å²) in [6.45, 7) is 5.06. The Morgan fingerprint density at radius 3 is 3.16 bits per heavy atom. The van der Waals surface area contributed by atoms with Gasteiger partial charge in [-0.2, -0.15) is 0 Å². The minimum absolute atomic E-state index is 0.247. The van der Waals surface area contributed by atoms with E-state index in [1.807, 2.05) is 16.0 Å². The van der Waals surface area contributed by atoms with Crippen LogP contribution in [0.5, 0.6) is 0 Å². The third kappa shape index (κ3) is 2.00. The normalized spacial score (nSPS) is 27.4. The van der Waals surface area contributed by atoms with E-state index in [2.05, 4.69) is 40.5 Å². The highest BCUT2D eigenvalue weighted by atomic mass is 32.2. The Kier molecular flexibility index (Phi) is 3.19. The van der Waals surface area contributed by atoms with E-state index >= 15 is 0 Å². The van der Waals surface area contributed by atoms with Gasteiger partial charge in [0.05, 0.1) is 6.20 Å². The smallest absolute Gasteiger partial charge is 0.278 e. The summed E-state index contributed by atoms with van der Waals surface area (Å²) in [6.07, 6.45) is 5.04. The largest absolute Gasteiger partial charge is 0.609 e. The summed E-state index contributed by atoms with van der Waals surface area (Å²) in [5, 5.41) is 15.7. The lowest BCUT2D eigenvalue weighted by atomic mass is 10.0. The Labute approximate surface area is 114 Å². The summed E-state index contributed by atoms with van der Waals surface area (Å²) in [5.74, 6) is 0.906. The fourth-order valence-corrected chi connectivity index (χ4v) is 3.64. The zero-order valence-corrected chi connectivity index (χ0v) is 11.7. The molecule has 8 heteroatoms. The van der Waals surface area contributed by atoms with Gasteiger partial charge in [-0.15, -0.1) is 0 Å². The molecule has 1 N–H and O–H groups in total. The Morgan fingerprint density at radius 2 is 2.47 bits per heavy atom. The second-order valence-electron chi connectivity index (χ2n) is 4.67. The minimum atomic E-state index is -1.08. The van der Waals surface area contributed by atoms with Gasteiger partial charge < -0.3 is 9.45 Å². The highest BCUT2D eigenvalue weighted by Gasteiger charge is 2.43. The van der Waals surface area contributed by atoms with Crippen LogP contribution in [-0.2, 0) is 11.2 Å². The highest BCUT2D eigenvalue weighted by Crippen LogP contribution is 2.35. The van der Waals surface area contributed by atoms with Crippen molar-refractivity contribution < 1.29 is 4.55 Å². The van der Waals surface area contributed by atoms with Gasteiger partial charge in [-0.05, 0) is 28.8 Å². The zero-order valence-electron chi connectivity index (χ0n) is 10.9. The molecule has 3 rings (SSSR count). The molecule has 2 aliphatic rings. The number of rotatable bonds is 3. The number of fused-ring (bicyclic) bond motifs is 1. The van der Waals surface area contributed by atoms with Crippen molar-refractivity contribution in [3.63, 3.8) is 0 Å². The summed E-state index contributed by atoms with van der Waals surface area (Å²) in [7, 11) is 0.